The van der Waals surface area contributed by atoms with Crippen LogP contribution in [0.2, 0.25) is 0 Å². The molecule has 3 aliphatic rings. The zero-order valence-corrected chi connectivity index (χ0v) is 22.3. The Balaban J connectivity index is 0.00000289. The number of nitrogens with zero attached hydrogens (tertiary/aromatic N) is 1. The van der Waals surface area contributed by atoms with Crippen LogP contribution in [0.4, 0.5) is 13.2 Å². The fourth-order valence-electron chi connectivity index (χ4n) is 6.02. The Morgan fingerprint density at radius 2 is 1.69 bits per heavy atom. The van der Waals surface area contributed by atoms with E-state index in [0.29, 0.717) is 38.0 Å². The highest BCUT2D eigenvalue weighted by Gasteiger charge is 2.52. The van der Waals surface area contributed by atoms with Crippen LogP contribution in [0, 0.1) is 5.41 Å². The molecule has 0 amide bonds. The van der Waals surface area contributed by atoms with Crippen LogP contribution in [0.1, 0.15) is 104 Å². The molecule has 2 aliphatic heterocycles. The highest BCUT2D eigenvalue weighted by molar-refractivity contribution is 8.93. The van der Waals surface area contributed by atoms with Crippen LogP contribution >= 0.6 is 17.0 Å². The van der Waals surface area contributed by atoms with E-state index in [-0.39, 0.29) is 28.3 Å². The Hall–Kier alpha value is -1.48. The lowest BCUT2D eigenvalue weighted by atomic mass is 9.70. The number of pyridine rings is 1. The van der Waals surface area contributed by atoms with Crippen molar-refractivity contribution in [2.45, 2.75) is 83.3 Å². The Labute approximate surface area is 215 Å². The Bertz CT molecular complexity index is 1090. The summed E-state index contributed by atoms with van der Waals surface area (Å²) in [5.41, 5.74) is 3.92. The van der Waals surface area contributed by atoms with Crippen molar-refractivity contribution in [3.8, 4) is 0 Å². The summed E-state index contributed by atoms with van der Waals surface area (Å²) in [5.74, 6) is 0.0942. The number of alkyl halides is 3. The van der Waals surface area contributed by atoms with Gasteiger partial charge in [-0.15, -0.1) is 17.0 Å². The number of benzene rings is 1. The molecule has 35 heavy (non-hydrogen) atoms. The van der Waals surface area contributed by atoms with Crippen LogP contribution in [0.3, 0.4) is 0 Å². The molecule has 1 fully saturated rings. The van der Waals surface area contributed by atoms with E-state index in [1.54, 1.807) is 0 Å². The van der Waals surface area contributed by atoms with E-state index in [9.17, 15) is 18.3 Å². The van der Waals surface area contributed by atoms with E-state index in [2.05, 4.69) is 27.7 Å². The number of ether oxygens (including phenoxy) is 2. The molecule has 2 atom stereocenters. The van der Waals surface area contributed by atoms with Crippen LogP contribution in [0.25, 0.3) is 0 Å². The minimum Gasteiger partial charge on any atom is -0.388 e. The third kappa shape index (κ3) is 4.56. The number of rotatable bonds is 2. The molecule has 0 unspecified atom stereocenters. The summed E-state index contributed by atoms with van der Waals surface area (Å²) >= 11 is 0. The van der Waals surface area contributed by atoms with Crippen molar-refractivity contribution < 1.29 is 27.8 Å². The van der Waals surface area contributed by atoms with E-state index in [0.717, 1.165) is 46.6 Å². The zero-order valence-electron chi connectivity index (χ0n) is 20.5. The normalized spacial score (nSPS) is 24.7. The average molecular weight is 556 g/mol. The minimum absolute atomic E-state index is 0. The molecular weight excluding hydrogens is 523 g/mol. The van der Waals surface area contributed by atoms with Gasteiger partial charge < -0.3 is 14.6 Å². The second-order valence-corrected chi connectivity index (χ2v) is 11.1. The van der Waals surface area contributed by atoms with Crippen molar-refractivity contribution in [2.24, 2.45) is 5.41 Å². The Morgan fingerprint density at radius 1 is 1.06 bits per heavy atom. The maximum absolute atomic E-state index is 13.2. The quantitative estimate of drug-likeness (QED) is 0.436. The van der Waals surface area contributed by atoms with E-state index in [1.807, 2.05) is 0 Å². The van der Waals surface area contributed by atoms with Crippen LogP contribution in [0.5, 0.6) is 0 Å². The van der Waals surface area contributed by atoms with Crippen LogP contribution in [-0.2, 0) is 27.7 Å². The number of hydrogen-bond acceptors (Lipinski definition) is 4. The van der Waals surface area contributed by atoms with Gasteiger partial charge in [-0.2, -0.15) is 13.2 Å². The lowest BCUT2D eigenvalue weighted by Gasteiger charge is -2.40. The first kappa shape index (κ1) is 26.6. The van der Waals surface area contributed by atoms with Gasteiger partial charge in [-0.3, -0.25) is 4.98 Å². The van der Waals surface area contributed by atoms with Gasteiger partial charge in [0, 0.05) is 48.6 Å². The standard InChI is InChI=1S/C27H32F3NO3.BrH/c1-15(2)23-21-22(20-18(31-23)13-25(3,4)14-19(20)32)26(9-11-33-12-10-26)34-24(21)16-5-7-17(8-6-16)27(28,29)30;/h5-8,15,19,24,32H,9-14H2,1-4H3;1H/t19-,24+;/m0./s1. The van der Waals surface area contributed by atoms with Gasteiger partial charge in [0.05, 0.1) is 17.3 Å². The first-order valence-corrected chi connectivity index (χ1v) is 12.1. The van der Waals surface area contributed by atoms with Gasteiger partial charge in [-0.05, 0) is 47.4 Å². The summed E-state index contributed by atoms with van der Waals surface area (Å²) in [6.45, 7) is 9.53. The summed E-state index contributed by atoms with van der Waals surface area (Å²) in [5, 5.41) is 11.3. The van der Waals surface area contributed by atoms with Crippen molar-refractivity contribution in [1.82, 2.24) is 4.98 Å². The largest absolute Gasteiger partial charge is 0.416 e. The van der Waals surface area contributed by atoms with Gasteiger partial charge in [0.15, 0.2) is 0 Å². The van der Waals surface area contributed by atoms with E-state index >= 15 is 0 Å². The maximum atomic E-state index is 13.2. The lowest BCUT2D eigenvalue weighted by Crippen LogP contribution is -2.37. The fraction of sp³-hybridized carbons (Fsp3) is 0.593. The van der Waals surface area contributed by atoms with E-state index in [4.69, 9.17) is 14.5 Å². The molecule has 1 spiro atoms. The number of fused-ring (bicyclic) bond motifs is 4. The lowest BCUT2D eigenvalue weighted by molar-refractivity contribution is -0.137. The first-order valence-electron chi connectivity index (χ1n) is 12.1. The molecule has 0 radical (unpaired) electrons. The average Bonchev–Trinajstić information content (AvgIpc) is 3.06. The van der Waals surface area contributed by atoms with Crippen molar-refractivity contribution in [1.29, 1.82) is 0 Å². The van der Waals surface area contributed by atoms with E-state index in [1.165, 1.54) is 12.1 Å². The van der Waals surface area contributed by atoms with Crippen LogP contribution < -0.4 is 0 Å². The van der Waals surface area contributed by atoms with Gasteiger partial charge in [-0.25, -0.2) is 0 Å². The third-order valence-electron chi connectivity index (χ3n) is 7.56. The number of aromatic nitrogens is 1. The summed E-state index contributed by atoms with van der Waals surface area (Å²) in [6, 6.07) is 5.26. The summed E-state index contributed by atoms with van der Waals surface area (Å²) in [6.07, 6.45) is -2.90. The number of hydrogen-bond donors (Lipinski definition) is 1. The summed E-state index contributed by atoms with van der Waals surface area (Å²) in [4.78, 5) is 5.09. The third-order valence-corrected chi connectivity index (χ3v) is 7.56. The molecule has 5 rings (SSSR count). The molecule has 2 aromatic rings. The van der Waals surface area contributed by atoms with E-state index < -0.39 is 29.5 Å². The molecule has 1 aromatic carbocycles. The molecule has 3 heterocycles. The highest BCUT2D eigenvalue weighted by atomic mass is 79.9. The Morgan fingerprint density at radius 3 is 2.26 bits per heavy atom. The van der Waals surface area contributed by atoms with Gasteiger partial charge in [0.1, 0.15) is 6.10 Å². The fourth-order valence-corrected chi connectivity index (χ4v) is 6.02. The second-order valence-electron chi connectivity index (χ2n) is 11.1. The molecule has 4 nitrogen and oxygen atoms in total. The smallest absolute Gasteiger partial charge is 0.388 e. The number of halogens is 4. The summed E-state index contributed by atoms with van der Waals surface area (Å²) in [7, 11) is 0. The highest BCUT2D eigenvalue weighted by Crippen LogP contribution is 2.57. The molecule has 0 bridgehead atoms. The maximum Gasteiger partial charge on any atom is 0.416 e. The van der Waals surface area contributed by atoms with Crippen molar-refractivity contribution >= 4 is 17.0 Å². The molecule has 1 aromatic heterocycles. The van der Waals surface area contributed by atoms with Crippen molar-refractivity contribution in [3.05, 3.63) is 63.5 Å². The van der Waals surface area contributed by atoms with Gasteiger partial charge in [0.25, 0.3) is 0 Å². The monoisotopic (exact) mass is 555 g/mol. The molecule has 8 heteroatoms. The summed E-state index contributed by atoms with van der Waals surface area (Å²) < 4.78 is 52.1. The van der Waals surface area contributed by atoms with Crippen molar-refractivity contribution in [3.63, 3.8) is 0 Å². The predicted molar refractivity (Wildman–Crippen MR) is 132 cm³/mol. The predicted octanol–water partition coefficient (Wildman–Crippen LogP) is 6.93. The zero-order chi connectivity index (χ0) is 24.5. The number of aliphatic hydroxyl groups excluding tert-OH is 1. The molecule has 1 N–H and O–H groups in total. The van der Waals surface area contributed by atoms with Gasteiger partial charge in [-0.1, -0.05) is 39.8 Å². The molecular formula is C27H33BrF3NO3. The second kappa shape index (κ2) is 9.12. The molecule has 1 aliphatic carbocycles. The SMILES string of the molecule is Br.CC(C)c1nc2c(c3c1[C@@H](c1ccc(C(F)(F)F)cc1)OC31CCOCC1)[C@@H](O)CC(C)(C)C2. The molecule has 1 saturated heterocycles. The van der Waals surface area contributed by atoms with Crippen molar-refractivity contribution in [2.75, 3.05) is 13.2 Å². The first-order chi connectivity index (χ1) is 15.9. The van der Waals surface area contributed by atoms with Crippen LogP contribution in [-0.4, -0.2) is 23.3 Å². The van der Waals surface area contributed by atoms with Gasteiger partial charge >= 0.3 is 6.18 Å². The topological polar surface area (TPSA) is 51.6 Å². The van der Waals surface area contributed by atoms with Crippen LogP contribution in [0.15, 0.2) is 24.3 Å². The van der Waals surface area contributed by atoms with Gasteiger partial charge in [0.2, 0.25) is 0 Å². The molecule has 0 saturated carbocycles. The Kier molecular flexibility index (Phi) is 6.93. The number of aliphatic hydroxyl groups is 1. The minimum atomic E-state index is -4.39. The molecule has 192 valence electrons.